The van der Waals surface area contributed by atoms with Crippen LogP contribution in [0.1, 0.15) is 12.5 Å². The average Bonchev–Trinajstić information content (AvgIpc) is 3.29. The number of aliphatic hydroxyl groups is 9. The van der Waals surface area contributed by atoms with Crippen molar-refractivity contribution in [2.75, 3.05) is 20.3 Å². The standard InChI is InChI=1S/C43H48O22/c1-17-39(65-30(48)10-5-18-3-7-20(45)8-4-18)35(53)38(56)41(59-17)58-16-29-32(50)34(52)37(55)43(64-29)62-27-14-22-24(60-40(27)19-6-9-23(47)26(11-19)57-2)12-21(46)13-25(22)61-42-36(54)33(51)31(49)28(15-44)63-42/h3-14,17,28-29,31-39,41-45,47,49-56H,15-16H2,1-2H3/b10-5+/t17-,28+,29+,31+,32+,33-,34-,35-,36+,37+,38+,39-,41+,42+,43+/m0/s1. The van der Waals surface area contributed by atoms with Crippen LogP contribution in [0.4, 0.5) is 0 Å². The van der Waals surface area contributed by atoms with E-state index in [0.717, 1.165) is 18.2 Å². The fourth-order valence-corrected chi connectivity index (χ4v) is 7.35. The molecular weight excluding hydrogens is 868 g/mol. The minimum Gasteiger partial charge on any atom is -0.508 e. The Balaban J connectivity index is 1.12. The summed E-state index contributed by atoms with van der Waals surface area (Å²) in [6, 6.07) is 13.2. The lowest BCUT2D eigenvalue weighted by Gasteiger charge is -2.43. The summed E-state index contributed by atoms with van der Waals surface area (Å²) >= 11 is 0. The van der Waals surface area contributed by atoms with Crippen molar-refractivity contribution in [3.8, 4) is 51.4 Å². The molecule has 3 fully saturated rings. The van der Waals surface area contributed by atoms with Gasteiger partial charge in [0.05, 0.1) is 32.0 Å². The van der Waals surface area contributed by atoms with E-state index in [4.69, 9.17) is 42.3 Å². The third-order valence-corrected chi connectivity index (χ3v) is 11.0. The van der Waals surface area contributed by atoms with Gasteiger partial charge in [-0.05, 0) is 55.0 Å². The zero-order valence-electron chi connectivity index (χ0n) is 34.4. The van der Waals surface area contributed by atoms with Gasteiger partial charge >= 0.3 is 5.97 Å². The Bertz CT molecular complexity index is 2320. The quantitative estimate of drug-likeness (QED) is 0.0526. The third kappa shape index (κ3) is 10.2. The maximum Gasteiger partial charge on any atom is 0.331 e. The van der Waals surface area contributed by atoms with E-state index in [0.29, 0.717) is 5.56 Å². The van der Waals surface area contributed by atoms with E-state index in [-0.39, 0.29) is 51.4 Å². The van der Waals surface area contributed by atoms with Gasteiger partial charge in [-0.2, -0.15) is 0 Å². The fourth-order valence-electron chi connectivity index (χ4n) is 7.35. The summed E-state index contributed by atoms with van der Waals surface area (Å²) in [6.07, 6.45) is -22.7. The van der Waals surface area contributed by atoms with Crippen molar-refractivity contribution in [2.45, 2.75) is 99.0 Å². The van der Waals surface area contributed by atoms with E-state index in [1.807, 2.05) is 0 Å². The van der Waals surface area contributed by atoms with E-state index in [2.05, 4.69) is 0 Å². The van der Waals surface area contributed by atoms with Crippen molar-refractivity contribution < 1.29 is 103 Å². The number of fused-ring (bicyclic) bond motifs is 1. The monoisotopic (exact) mass is 916 g/mol. The molecule has 0 bridgehead atoms. The summed E-state index contributed by atoms with van der Waals surface area (Å²) in [5.74, 6) is -2.03. The lowest BCUT2D eigenvalue weighted by Crippen LogP contribution is -2.62. The smallest absolute Gasteiger partial charge is 0.331 e. The molecule has 0 amide bonds. The van der Waals surface area contributed by atoms with Gasteiger partial charge in [0.1, 0.15) is 78.3 Å². The Labute approximate surface area is 368 Å². The zero-order valence-corrected chi connectivity index (χ0v) is 34.4. The molecule has 22 nitrogen and oxygen atoms in total. The summed E-state index contributed by atoms with van der Waals surface area (Å²) in [4.78, 5) is 25.5. The highest BCUT2D eigenvalue weighted by Crippen LogP contribution is 2.44. The second-order valence-electron chi connectivity index (χ2n) is 15.5. The first-order valence-electron chi connectivity index (χ1n) is 20.1. The predicted molar refractivity (Wildman–Crippen MR) is 216 cm³/mol. The number of hydrogen-bond acceptors (Lipinski definition) is 22. The Kier molecular flexibility index (Phi) is 14.6. The van der Waals surface area contributed by atoms with Crippen LogP contribution in [0.25, 0.3) is 28.7 Å². The number of phenols is 2. The summed E-state index contributed by atoms with van der Waals surface area (Å²) in [5.41, 5.74) is 0.0331. The van der Waals surface area contributed by atoms with Gasteiger partial charge in [0.2, 0.25) is 12.6 Å². The number of methoxy groups -OCH3 is 1. The molecule has 0 saturated carbocycles. The zero-order chi connectivity index (χ0) is 46.9. The van der Waals surface area contributed by atoms with Gasteiger partial charge < -0.3 is 98.5 Å². The fraction of sp³-hybridized carbons (Fsp3) is 0.442. The number of hydrogen-bond donors (Lipinski definition) is 11. The molecule has 2 aromatic carbocycles. The van der Waals surface area contributed by atoms with Gasteiger partial charge in [-0.25, -0.2) is 4.79 Å². The van der Waals surface area contributed by atoms with Gasteiger partial charge in [-0.3, -0.25) is 4.79 Å². The largest absolute Gasteiger partial charge is 0.508 e. The number of esters is 1. The maximum absolute atomic E-state index is 12.9. The van der Waals surface area contributed by atoms with E-state index in [1.165, 1.54) is 56.5 Å². The number of carbonyl (C=O) groups is 1. The van der Waals surface area contributed by atoms with Gasteiger partial charge in [-0.1, -0.05) is 12.1 Å². The molecule has 4 heterocycles. The Morgan fingerprint density at radius 1 is 0.692 bits per heavy atom. The van der Waals surface area contributed by atoms with E-state index in [1.54, 1.807) is 12.1 Å². The number of benzene rings is 3. The first kappa shape index (κ1) is 47.5. The molecule has 0 spiro atoms. The Morgan fingerprint density at radius 3 is 1.98 bits per heavy atom. The molecule has 2 aromatic rings. The number of ether oxygens (including phenoxy) is 8. The van der Waals surface area contributed by atoms with Crippen LogP contribution in [0.2, 0.25) is 0 Å². The number of aromatic hydroxyl groups is 2. The molecule has 7 rings (SSSR count). The number of phenolic OH excluding ortho intramolecular Hbond substituents is 2. The van der Waals surface area contributed by atoms with Crippen molar-refractivity contribution >= 4 is 12.0 Å². The molecule has 22 heteroatoms. The second kappa shape index (κ2) is 20.0. The third-order valence-electron chi connectivity index (χ3n) is 11.0. The van der Waals surface area contributed by atoms with Crippen molar-refractivity contribution in [2.24, 2.45) is 0 Å². The molecule has 65 heavy (non-hydrogen) atoms. The minimum absolute atomic E-state index is 0.0174. The molecule has 4 aliphatic heterocycles. The molecule has 11 N–H and O–H groups in total. The van der Waals surface area contributed by atoms with E-state index >= 15 is 0 Å². The van der Waals surface area contributed by atoms with Crippen LogP contribution in [0.3, 0.4) is 0 Å². The molecule has 0 unspecified atom stereocenters. The van der Waals surface area contributed by atoms with Crippen LogP contribution in [0.15, 0.2) is 76.0 Å². The van der Waals surface area contributed by atoms with E-state index < -0.39 is 117 Å². The van der Waals surface area contributed by atoms with Gasteiger partial charge in [0.15, 0.2) is 40.8 Å². The van der Waals surface area contributed by atoms with Crippen LogP contribution in [0, 0.1) is 0 Å². The predicted octanol–water partition coefficient (Wildman–Crippen LogP) is -1.70. The Hall–Kier alpha value is -5.44. The van der Waals surface area contributed by atoms with Crippen molar-refractivity contribution in [1.82, 2.24) is 0 Å². The summed E-state index contributed by atoms with van der Waals surface area (Å²) < 4.78 is 51.5. The lowest BCUT2D eigenvalue weighted by molar-refractivity contribution is -0.319. The van der Waals surface area contributed by atoms with Crippen LogP contribution >= 0.6 is 0 Å². The molecule has 352 valence electrons. The van der Waals surface area contributed by atoms with Gasteiger partial charge in [0, 0.05) is 23.8 Å². The van der Waals surface area contributed by atoms with Crippen LogP contribution < -0.4 is 19.6 Å². The highest BCUT2D eigenvalue weighted by molar-refractivity contribution is 5.87. The van der Waals surface area contributed by atoms with Crippen molar-refractivity contribution in [3.05, 3.63) is 82.5 Å². The highest BCUT2D eigenvalue weighted by atomic mass is 16.7. The Morgan fingerprint density at radius 2 is 1.32 bits per heavy atom. The molecular formula is C43H48O22. The van der Waals surface area contributed by atoms with Crippen molar-refractivity contribution in [1.29, 1.82) is 0 Å². The van der Waals surface area contributed by atoms with Crippen LogP contribution in [-0.2, 0) is 28.5 Å². The molecule has 15 atom stereocenters. The summed E-state index contributed by atoms with van der Waals surface area (Å²) in [7, 11) is 1.29. The number of aliphatic hydroxyl groups excluding tert-OH is 9. The minimum atomic E-state index is -1.97. The van der Waals surface area contributed by atoms with Crippen LogP contribution in [0.5, 0.6) is 28.7 Å². The van der Waals surface area contributed by atoms with Gasteiger partial charge in [0.25, 0.3) is 0 Å². The average molecular weight is 917 g/mol. The first-order chi connectivity index (χ1) is 31.0. The van der Waals surface area contributed by atoms with Gasteiger partial charge in [-0.15, -0.1) is 0 Å². The number of rotatable bonds is 13. The lowest BCUT2D eigenvalue weighted by atomic mass is 9.98. The second-order valence-corrected chi connectivity index (χ2v) is 15.5. The van der Waals surface area contributed by atoms with E-state index in [9.17, 15) is 65.8 Å². The number of carbonyl (C=O) groups excluding carboxylic acids is 1. The molecule has 3 saturated heterocycles. The molecule has 5 aliphatic rings. The SMILES string of the molecule is COc1cc(-c2oc3cc(=O)cc(O[C@@H]4O[C@H](CO)[C@@H](O)[C@H](O)[C@H]4O)c-3cc2O[C@@H]2O[C@H](CO[C@@H]3O[C@@H](C)[C@H](OC(=O)/C=C/c4ccc(O)cc4)[C@@H](O)[C@H]3O)[C@@H](O)[C@H](O)[C@H]2O)ccc1O. The maximum atomic E-state index is 12.9. The summed E-state index contributed by atoms with van der Waals surface area (Å²) in [5, 5.41) is 116. The normalized spacial score (nSPS) is 32.9. The highest BCUT2D eigenvalue weighted by Gasteiger charge is 2.49. The topological polar surface area (TPSA) is 344 Å². The summed E-state index contributed by atoms with van der Waals surface area (Å²) in [6.45, 7) is 0.0160. The molecule has 1 aliphatic carbocycles. The van der Waals surface area contributed by atoms with Crippen molar-refractivity contribution in [3.63, 3.8) is 0 Å². The molecule has 0 radical (unpaired) electrons. The first-order valence-corrected chi connectivity index (χ1v) is 20.1. The molecule has 0 aromatic heterocycles. The van der Waals surface area contributed by atoms with Crippen LogP contribution in [-0.4, -0.2) is 175 Å².